The maximum absolute atomic E-state index is 2.35. The van der Waals surface area contributed by atoms with Crippen molar-refractivity contribution in [2.45, 2.75) is 16.8 Å². The Hall–Kier alpha value is -0.443. The Bertz CT molecular complexity index is 384. The molecule has 0 nitrogen and oxygen atoms in total. The summed E-state index contributed by atoms with van der Waals surface area (Å²) >= 11 is 0.0942. The van der Waals surface area contributed by atoms with Crippen molar-refractivity contribution in [2.75, 3.05) is 0 Å². The Balaban J connectivity index is 1.98. The third-order valence-corrected chi connectivity index (χ3v) is 11.8. The van der Waals surface area contributed by atoms with Gasteiger partial charge < -0.3 is 0 Å². The molecule has 0 saturated heterocycles. The molecular weight excluding hydrogens is 330 g/mol. The van der Waals surface area contributed by atoms with Gasteiger partial charge in [0.25, 0.3) is 0 Å². The first kappa shape index (κ1) is 13.0. The third-order valence-electron chi connectivity index (χ3n) is 2.64. The number of hydrogen-bond acceptors (Lipinski definition) is 0. The first-order valence-corrected chi connectivity index (χ1v) is 10.5. The maximum atomic E-state index is 2.35. The minimum absolute atomic E-state index is 0.0471. The molecule has 2 aromatic rings. The van der Waals surface area contributed by atoms with Crippen LogP contribution in [0.4, 0.5) is 0 Å². The molecule has 0 heterocycles. The van der Waals surface area contributed by atoms with Gasteiger partial charge in [-0.25, -0.2) is 0 Å². The summed E-state index contributed by atoms with van der Waals surface area (Å²) in [7, 11) is 0. The summed E-state index contributed by atoms with van der Waals surface area (Å²) < 4.78 is 4.22. The summed E-state index contributed by atoms with van der Waals surface area (Å²) in [5, 5.41) is 0. The Kier molecular flexibility index (Phi) is 5.42. The standard InChI is InChI=1S/C15H18As2/c1-2-15(16-13-9-5-3-6-10-13)17-14-11-7-4-8-12-14/h3-12,15-17H,2H2,1H3. The van der Waals surface area contributed by atoms with E-state index in [1.165, 1.54) is 6.42 Å². The zero-order chi connectivity index (χ0) is 11.9. The van der Waals surface area contributed by atoms with Crippen LogP contribution in [0.15, 0.2) is 60.7 Å². The van der Waals surface area contributed by atoms with Gasteiger partial charge in [0.05, 0.1) is 0 Å². The van der Waals surface area contributed by atoms with Crippen molar-refractivity contribution in [3.05, 3.63) is 60.7 Å². The molecule has 0 aliphatic rings. The normalized spacial score (nSPS) is 13.7. The van der Waals surface area contributed by atoms with Crippen molar-refractivity contribution >= 4 is 40.2 Å². The fourth-order valence-corrected chi connectivity index (χ4v) is 10.4. The summed E-state index contributed by atoms with van der Waals surface area (Å²) in [5.74, 6) is 0. The summed E-state index contributed by atoms with van der Waals surface area (Å²) in [6, 6.07) is 22.2. The van der Waals surface area contributed by atoms with Crippen LogP contribution in [0.2, 0.25) is 3.49 Å². The van der Waals surface area contributed by atoms with Crippen molar-refractivity contribution in [1.82, 2.24) is 0 Å². The molecule has 2 aromatic carbocycles. The average molecular weight is 348 g/mol. The quantitative estimate of drug-likeness (QED) is 0.722. The molecule has 88 valence electrons. The fourth-order valence-electron chi connectivity index (χ4n) is 1.71. The van der Waals surface area contributed by atoms with E-state index >= 15 is 0 Å². The molecule has 0 aromatic heterocycles. The second-order valence-corrected chi connectivity index (χ2v) is 13.1. The van der Waals surface area contributed by atoms with E-state index in [4.69, 9.17) is 0 Å². The molecule has 0 spiro atoms. The SMILES string of the molecule is CCC([AsH]c1ccccc1)[AsH]c1ccccc1. The number of hydrogen-bond donors (Lipinski definition) is 0. The number of benzene rings is 2. The Morgan fingerprint density at radius 3 is 1.53 bits per heavy atom. The van der Waals surface area contributed by atoms with Crippen molar-refractivity contribution in [2.24, 2.45) is 0 Å². The van der Waals surface area contributed by atoms with Gasteiger partial charge in [-0.05, 0) is 0 Å². The molecule has 17 heavy (non-hydrogen) atoms. The summed E-state index contributed by atoms with van der Waals surface area (Å²) in [6.45, 7) is 2.35. The van der Waals surface area contributed by atoms with Crippen molar-refractivity contribution in [1.29, 1.82) is 0 Å². The zero-order valence-electron chi connectivity index (χ0n) is 10.1. The van der Waals surface area contributed by atoms with Gasteiger partial charge in [0, 0.05) is 0 Å². The predicted molar refractivity (Wildman–Crippen MR) is 80.5 cm³/mol. The molecule has 0 radical (unpaired) electrons. The molecule has 2 rings (SSSR count). The van der Waals surface area contributed by atoms with Gasteiger partial charge in [-0.2, -0.15) is 0 Å². The Labute approximate surface area is 117 Å². The average Bonchev–Trinajstić information content (AvgIpc) is 2.40. The van der Waals surface area contributed by atoms with Gasteiger partial charge >= 0.3 is 118 Å². The molecule has 0 bridgehead atoms. The molecular formula is C15H18As2. The molecule has 0 saturated carbocycles. The van der Waals surface area contributed by atoms with Gasteiger partial charge in [-0.3, -0.25) is 0 Å². The molecule has 0 amide bonds. The van der Waals surface area contributed by atoms with Gasteiger partial charge in [0.1, 0.15) is 0 Å². The monoisotopic (exact) mass is 348 g/mol. The summed E-state index contributed by atoms with van der Waals surface area (Å²) in [4.78, 5) is 0. The van der Waals surface area contributed by atoms with E-state index in [2.05, 4.69) is 67.6 Å². The minimum atomic E-state index is 0.0471. The molecule has 2 atom stereocenters. The first-order chi connectivity index (χ1) is 8.38. The van der Waals surface area contributed by atoms with Crippen LogP contribution in [0, 0.1) is 0 Å². The van der Waals surface area contributed by atoms with Crippen LogP contribution >= 0.6 is 0 Å². The van der Waals surface area contributed by atoms with Gasteiger partial charge in [0.15, 0.2) is 0 Å². The summed E-state index contributed by atoms with van der Waals surface area (Å²) in [5.41, 5.74) is 0. The zero-order valence-corrected chi connectivity index (χ0v) is 14.3. The van der Waals surface area contributed by atoms with Crippen LogP contribution in [0.3, 0.4) is 0 Å². The first-order valence-electron chi connectivity index (χ1n) is 6.01. The van der Waals surface area contributed by atoms with Crippen molar-refractivity contribution in [3.63, 3.8) is 0 Å². The van der Waals surface area contributed by atoms with Crippen LogP contribution in [0.5, 0.6) is 0 Å². The Morgan fingerprint density at radius 1 is 0.765 bits per heavy atom. The van der Waals surface area contributed by atoms with E-state index in [-0.39, 0.29) is 31.5 Å². The third kappa shape index (κ3) is 4.38. The molecule has 2 unspecified atom stereocenters. The van der Waals surface area contributed by atoms with E-state index in [1.54, 1.807) is 8.70 Å². The van der Waals surface area contributed by atoms with Gasteiger partial charge in [-0.1, -0.05) is 0 Å². The van der Waals surface area contributed by atoms with E-state index < -0.39 is 0 Å². The Morgan fingerprint density at radius 2 is 1.18 bits per heavy atom. The molecule has 0 aliphatic carbocycles. The van der Waals surface area contributed by atoms with Crippen molar-refractivity contribution in [3.8, 4) is 0 Å². The van der Waals surface area contributed by atoms with E-state index in [9.17, 15) is 0 Å². The second kappa shape index (κ2) is 7.09. The topological polar surface area (TPSA) is 0 Å². The molecule has 2 heteroatoms. The van der Waals surface area contributed by atoms with Crippen LogP contribution in [-0.4, -0.2) is 31.5 Å². The fraction of sp³-hybridized carbons (Fsp3) is 0.200. The van der Waals surface area contributed by atoms with Crippen LogP contribution in [-0.2, 0) is 0 Å². The van der Waals surface area contributed by atoms with Crippen LogP contribution < -0.4 is 8.70 Å². The molecule has 0 fully saturated rings. The van der Waals surface area contributed by atoms with E-state index in [0.717, 1.165) is 3.49 Å². The predicted octanol–water partition coefficient (Wildman–Crippen LogP) is 1.67. The van der Waals surface area contributed by atoms with Gasteiger partial charge in [-0.15, -0.1) is 0 Å². The number of rotatable bonds is 5. The molecule has 0 aliphatic heterocycles. The van der Waals surface area contributed by atoms with Gasteiger partial charge in [0.2, 0.25) is 0 Å². The summed E-state index contributed by atoms with van der Waals surface area (Å²) in [6.07, 6.45) is 1.35. The van der Waals surface area contributed by atoms with Crippen LogP contribution in [0.1, 0.15) is 13.3 Å². The molecule has 0 N–H and O–H groups in total. The van der Waals surface area contributed by atoms with E-state index in [1.807, 2.05) is 0 Å². The van der Waals surface area contributed by atoms with Crippen LogP contribution in [0.25, 0.3) is 0 Å². The van der Waals surface area contributed by atoms with E-state index in [0.29, 0.717) is 0 Å². The van der Waals surface area contributed by atoms with Crippen molar-refractivity contribution < 1.29 is 0 Å². The second-order valence-electron chi connectivity index (χ2n) is 3.98.